The predicted molar refractivity (Wildman–Crippen MR) is 49.2 cm³/mol. The molecule has 1 unspecified atom stereocenters. The molecule has 1 rings (SSSR count). The molecule has 1 aliphatic heterocycles. The smallest absolute Gasteiger partial charge is 0.0809 e. The molecule has 0 spiro atoms. The van der Waals surface area contributed by atoms with Gasteiger partial charge in [0.2, 0.25) is 0 Å². The van der Waals surface area contributed by atoms with Crippen molar-refractivity contribution in [1.29, 1.82) is 0 Å². The van der Waals surface area contributed by atoms with Gasteiger partial charge in [-0.05, 0) is 18.3 Å². The molecule has 1 aliphatic rings. The minimum atomic E-state index is 0.345. The summed E-state index contributed by atoms with van der Waals surface area (Å²) in [7, 11) is 0. The first kappa shape index (κ1) is 10.0. The van der Waals surface area contributed by atoms with Gasteiger partial charge in [-0.3, -0.25) is 0 Å². The third-order valence-corrected chi connectivity index (χ3v) is 2.10. The largest absolute Gasteiger partial charge is 0.376 e. The minimum absolute atomic E-state index is 0.345. The Bertz CT molecular complexity index is 120. The molecule has 72 valence electrons. The SMILES string of the molecule is CC(C)(C)CCC1COCCO1. The molecule has 0 saturated carbocycles. The lowest BCUT2D eigenvalue weighted by Gasteiger charge is -2.26. The average Bonchev–Trinajstić information content (AvgIpc) is 2.02. The number of hydrogen-bond donors (Lipinski definition) is 0. The second-order valence-electron chi connectivity index (χ2n) is 4.67. The van der Waals surface area contributed by atoms with Crippen LogP contribution in [0.4, 0.5) is 0 Å². The Morgan fingerprint density at radius 2 is 2.00 bits per heavy atom. The van der Waals surface area contributed by atoms with Crippen LogP contribution in [0.5, 0.6) is 0 Å². The predicted octanol–water partition coefficient (Wildman–Crippen LogP) is 2.23. The van der Waals surface area contributed by atoms with Crippen molar-refractivity contribution in [3.05, 3.63) is 0 Å². The third-order valence-electron chi connectivity index (χ3n) is 2.10. The summed E-state index contributed by atoms with van der Waals surface area (Å²) < 4.78 is 10.9. The van der Waals surface area contributed by atoms with Crippen LogP contribution in [0.1, 0.15) is 33.6 Å². The van der Waals surface area contributed by atoms with E-state index in [2.05, 4.69) is 20.8 Å². The van der Waals surface area contributed by atoms with Crippen molar-refractivity contribution in [1.82, 2.24) is 0 Å². The molecule has 0 bridgehead atoms. The van der Waals surface area contributed by atoms with Gasteiger partial charge in [0.15, 0.2) is 0 Å². The van der Waals surface area contributed by atoms with Gasteiger partial charge in [0.1, 0.15) is 0 Å². The molecule has 0 amide bonds. The normalized spacial score (nSPS) is 25.8. The van der Waals surface area contributed by atoms with E-state index < -0.39 is 0 Å². The van der Waals surface area contributed by atoms with Crippen molar-refractivity contribution < 1.29 is 9.47 Å². The highest BCUT2D eigenvalue weighted by atomic mass is 16.6. The Morgan fingerprint density at radius 1 is 1.25 bits per heavy atom. The average molecular weight is 172 g/mol. The van der Waals surface area contributed by atoms with Crippen LogP contribution in [0, 0.1) is 5.41 Å². The standard InChI is InChI=1S/C10H20O2/c1-10(2,3)5-4-9-8-11-6-7-12-9/h9H,4-8H2,1-3H3. The Hall–Kier alpha value is -0.0800. The molecule has 0 aromatic carbocycles. The van der Waals surface area contributed by atoms with Crippen molar-refractivity contribution in [2.45, 2.75) is 39.7 Å². The van der Waals surface area contributed by atoms with E-state index in [0.717, 1.165) is 26.2 Å². The van der Waals surface area contributed by atoms with Crippen LogP contribution in [0.15, 0.2) is 0 Å². The second kappa shape index (κ2) is 4.24. The lowest BCUT2D eigenvalue weighted by Crippen LogP contribution is -2.29. The van der Waals surface area contributed by atoms with Crippen molar-refractivity contribution in [3.8, 4) is 0 Å². The van der Waals surface area contributed by atoms with Crippen molar-refractivity contribution in [2.24, 2.45) is 5.41 Å². The summed E-state index contributed by atoms with van der Waals surface area (Å²) in [6.45, 7) is 9.11. The van der Waals surface area contributed by atoms with Crippen molar-refractivity contribution in [2.75, 3.05) is 19.8 Å². The van der Waals surface area contributed by atoms with Crippen LogP contribution in [0.3, 0.4) is 0 Å². The summed E-state index contributed by atoms with van der Waals surface area (Å²) in [5.74, 6) is 0. The van der Waals surface area contributed by atoms with Gasteiger partial charge in [0.05, 0.1) is 25.9 Å². The van der Waals surface area contributed by atoms with Gasteiger partial charge in [-0.2, -0.15) is 0 Å². The Labute approximate surface area is 75.2 Å². The Kier molecular flexibility index (Phi) is 3.53. The summed E-state index contributed by atoms with van der Waals surface area (Å²) >= 11 is 0. The summed E-state index contributed by atoms with van der Waals surface area (Å²) in [4.78, 5) is 0. The highest BCUT2D eigenvalue weighted by molar-refractivity contribution is 4.67. The highest BCUT2D eigenvalue weighted by Gasteiger charge is 2.18. The fourth-order valence-electron chi connectivity index (χ4n) is 1.30. The maximum Gasteiger partial charge on any atom is 0.0809 e. The fourth-order valence-corrected chi connectivity index (χ4v) is 1.30. The molecule has 1 fully saturated rings. The van der Waals surface area contributed by atoms with Crippen LogP contribution in [0.2, 0.25) is 0 Å². The molecule has 12 heavy (non-hydrogen) atoms. The van der Waals surface area contributed by atoms with E-state index in [4.69, 9.17) is 9.47 Å². The quantitative estimate of drug-likeness (QED) is 0.636. The van der Waals surface area contributed by atoms with Crippen LogP contribution in [0.25, 0.3) is 0 Å². The van der Waals surface area contributed by atoms with E-state index >= 15 is 0 Å². The van der Waals surface area contributed by atoms with E-state index in [1.165, 1.54) is 6.42 Å². The summed E-state index contributed by atoms with van der Waals surface area (Å²) in [6, 6.07) is 0. The van der Waals surface area contributed by atoms with Crippen LogP contribution in [-0.4, -0.2) is 25.9 Å². The first-order valence-corrected chi connectivity index (χ1v) is 4.77. The van der Waals surface area contributed by atoms with E-state index in [9.17, 15) is 0 Å². The minimum Gasteiger partial charge on any atom is -0.376 e. The van der Waals surface area contributed by atoms with Crippen molar-refractivity contribution >= 4 is 0 Å². The number of rotatable bonds is 2. The van der Waals surface area contributed by atoms with E-state index in [1.54, 1.807) is 0 Å². The molecule has 2 nitrogen and oxygen atoms in total. The van der Waals surface area contributed by atoms with E-state index in [-0.39, 0.29) is 0 Å². The topological polar surface area (TPSA) is 18.5 Å². The maximum absolute atomic E-state index is 5.55. The molecule has 0 N–H and O–H groups in total. The number of ether oxygens (including phenoxy) is 2. The fraction of sp³-hybridized carbons (Fsp3) is 1.00. The van der Waals surface area contributed by atoms with Gasteiger partial charge < -0.3 is 9.47 Å². The molecule has 1 heterocycles. The zero-order chi connectivity index (χ0) is 9.03. The molecule has 0 radical (unpaired) electrons. The molecule has 0 aromatic heterocycles. The molecule has 1 atom stereocenters. The van der Waals surface area contributed by atoms with Crippen molar-refractivity contribution in [3.63, 3.8) is 0 Å². The highest BCUT2D eigenvalue weighted by Crippen LogP contribution is 2.23. The Morgan fingerprint density at radius 3 is 2.50 bits per heavy atom. The maximum atomic E-state index is 5.55. The van der Waals surface area contributed by atoms with E-state index in [0.29, 0.717) is 11.5 Å². The van der Waals surface area contributed by atoms with Crippen LogP contribution < -0.4 is 0 Å². The molecular weight excluding hydrogens is 152 g/mol. The molecule has 0 aliphatic carbocycles. The third kappa shape index (κ3) is 4.07. The molecule has 1 saturated heterocycles. The van der Waals surface area contributed by atoms with Crippen LogP contribution >= 0.6 is 0 Å². The lowest BCUT2D eigenvalue weighted by molar-refractivity contribution is -0.0932. The first-order valence-electron chi connectivity index (χ1n) is 4.77. The Balaban J connectivity index is 2.13. The number of hydrogen-bond acceptors (Lipinski definition) is 2. The molecule has 2 heteroatoms. The van der Waals surface area contributed by atoms with Crippen LogP contribution in [-0.2, 0) is 9.47 Å². The zero-order valence-electron chi connectivity index (χ0n) is 8.43. The van der Waals surface area contributed by atoms with Gasteiger partial charge in [-0.1, -0.05) is 20.8 Å². The first-order chi connectivity index (χ1) is 5.58. The monoisotopic (exact) mass is 172 g/mol. The lowest BCUT2D eigenvalue weighted by atomic mass is 9.89. The van der Waals surface area contributed by atoms with Gasteiger partial charge in [-0.15, -0.1) is 0 Å². The van der Waals surface area contributed by atoms with E-state index in [1.807, 2.05) is 0 Å². The van der Waals surface area contributed by atoms with Gasteiger partial charge >= 0.3 is 0 Å². The summed E-state index contributed by atoms with van der Waals surface area (Å²) in [5, 5.41) is 0. The van der Waals surface area contributed by atoms with Gasteiger partial charge in [-0.25, -0.2) is 0 Å². The van der Waals surface area contributed by atoms with Gasteiger partial charge in [0.25, 0.3) is 0 Å². The summed E-state index contributed by atoms with van der Waals surface area (Å²) in [5.41, 5.74) is 0.417. The summed E-state index contributed by atoms with van der Waals surface area (Å²) in [6.07, 6.45) is 2.68. The van der Waals surface area contributed by atoms with Gasteiger partial charge in [0, 0.05) is 0 Å². The second-order valence-corrected chi connectivity index (χ2v) is 4.67. The molecule has 0 aromatic rings. The zero-order valence-corrected chi connectivity index (χ0v) is 8.43. The molecular formula is C10H20O2.